The maximum atomic E-state index is 11.8. The van der Waals surface area contributed by atoms with Gasteiger partial charge in [-0.2, -0.15) is 0 Å². The van der Waals surface area contributed by atoms with Crippen LogP contribution < -0.4 is 5.32 Å². The third kappa shape index (κ3) is 6.11. The number of hydrogen-bond acceptors (Lipinski definition) is 5. The first-order chi connectivity index (χ1) is 9.54. The molecule has 6 nitrogen and oxygen atoms in total. The molecular formula is C13H24N2O4S. The quantitative estimate of drug-likeness (QED) is 0.676. The smallest absolute Gasteiger partial charge is 0.232 e. The Hall–Kier alpha value is -0.790. The number of carbonyl (C=O) groups excluding carboxylic acids is 2. The molecule has 0 aliphatic carbocycles. The van der Waals surface area contributed by atoms with Gasteiger partial charge in [-0.05, 0) is 5.92 Å². The van der Waals surface area contributed by atoms with Crippen LogP contribution in [0.1, 0.15) is 13.8 Å². The highest BCUT2D eigenvalue weighted by atomic mass is 32.2. The van der Waals surface area contributed by atoms with Gasteiger partial charge in [0.05, 0.1) is 37.4 Å². The van der Waals surface area contributed by atoms with Gasteiger partial charge in [0.2, 0.25) is 11.8 Å². The molecule has 0 saturated carbocycles. The lowest BCUT2D eigenvalue weighted by Gasteiger charge is -2.26. The molecule has 0 spiro atoms. The standard InChI is InChI=1S/C13H24N2O4S/c1-10(2)11(7-16)14-12(17)8-20-9-13(18)15-3-5-19-6-4-15/h10-11,16H,3-9H2,1-2H3,(H,14,17). The van der Waals surface area contributed by atoms with Crippen LogP contribution in [-0.2, 0) is 14.3 Å². The third-order valence-electron chi connectivity index (χ3n) is 3.17. The average Bonchev–Trinajstić information content (AvgIpc) is 2.45. The first-order valence-corrected chi connectivity index (χ1v) is 8.03. The molecule has 1 unspecified atom stereocenters. The molecule has 0 aromatic heterocycles. The number of aliphatic hydroxyl groups excluding tert-OH is 1. The van der Waals surface area contributed by atoms with Crippen molar-refractivity contribution in [2.75, 3.05) is 44.4 Å². The molecule has 0 aromatic rings. The zero-order valence-corrected chi connectivity index (χ0v) is 12.9. The number of amides is 2. The molecule has 1 atom stereocenters. The van der Waals surface area contributed by atoms with Gasteiger partial charge >= 0.3 is 0 Å². The molecule has 1 saturated heterocycles. The van der Waals surface area contributed by atoms with Gasteiger partial charge in [0.15, 0.2) is 0 Å². The fourth-order valence-corrected chi connectivity index (χ4v) is 2.53. The molecule has 2 amide bonds. The first-order valence-electron chi connectivity index (χ1n) is 6.88. The summed E-state index contributed by atoms with van der Waals surface area (Å²) in [6.45, 7) is 6.25. The van der Waals surface area contributed by atoms with Gasteiger partial charge in [0, 0.05) is 13.1 Å². The highest BCUT2D eigenvalue weighted by Gasteiger charge is 2.18. The second kappa shape index (κ2) is 9.20. The van der Waals surface area contributed by atoms with Gasteiger partial charge < -0.3 is 20.1 Å². The number of rotatable bonds is 7. The topological polar surface area (TPSA) is 78.9 Å². The molecule has 7 heteroatoms. The molecule has 116 valence electrons. The molecule has 1 fully saturated rings. The number of hydrogen-bond donors (Lipinski definition) is 2. The summed E-state index contributed by atoms with van der Waals surface area (Å²) in [4.78, 5) is 25.3. The molecule has 0 radical (unpaired) electrons. The van der Waals surface area contributed by atoms with Crippen LogP contribution in [0.5, 0.6) is 0 Å². The van der Waals surface area contributed by atoms with E-state index in [9.17, 15) is 9.59 Å². The number of morpholine rings is 1. The fourth-order valence-electron chi connectivity index (χ4n) is 1.81. The Balaban J connectivity index is 2.19. The highest BCUT2D eigenvalue weighted by Crippen LogP contribution is 2.06. The second-order valence-electron chi connectivity index (χ2n) is 5.09. The van der Waals surface area contributed by atoms with Crippen LogP contribution in [0.2, 0.25) is 0 Å². The number of carbonyl (C=O) groups is 2. The Bertz CT molecular complexity index is 319. The Labute approximate surface area is 124 Å². The summed E-state index contributed by atoms with van der Waals surface area (Å²) in [5.41, 5.74) is 0. The van der Waals surface area contributed by atoms with Crippen molar-refractivity contribution in [2.24, 2.45) is 5.92 Å². The van der Waals surface area contributed by atoms with E-state index < -0.39 is 0 Å². The minimum Gasteiger partial charge on any atom is -0.394 e. The number of thioether (sulfide) groups is 1. The van der Waals surface area contributed by atoms with Crippen LogP contribution in [0.25, 0.3) is 0 Å². The minimum atomic E-state index is -0.224. The normalized spacial score (nSPS) is 17.1. The van der Waals surface area contributed by atoms with Crippen LogP contribution >= 0.6 is 11.8 Å². The monoisotopic (exact) mass is 304 g/mol. The van der Waals surface area contributed by atoms with Crippen LogP contribution in [0.4, 0.5) is 0 Å². The van der Waals surface area contributed by atoms with Crippen molar-refractivity contribution >= 4 is 23.6 Å². The van der Waals surface area contributed by atoms with Crippen molar-refractivity contribution in [2.45, 2.75) is 19.9 Å². The molecule has 0 aromatic carbocycles. The van der Waals surface area contributed by atoms with Crippen LogP contribution in [0.3, 0.4) is 0 Å². The summed E-state index contributed by atoms with van der Waals surface area (Å²) in [6, 6.07) is -0.224. The predicted molar refractivity (Wildman–Crippen MR) is 78.6 cm³/mol. The summed E-state index contributed by atoms with van der Waals surface area (Å²) < 4.78 is 5.18. The SMILES string of the molecule is CC(C)C(CO)NC(=O)CSCC(=O)N1CCOCC1. The fraction of sp³-hybridized carbons (Fsp3) is 0.846. The molecular weight excluding hydrogens is 280 g/mol. The molecule has 0 bridgehead atoms. The van der Waals surface area contributed by atoms with Gasteiger partial charge in [0.25, 0.3) is 0 Å². The lowest BCUT2D eigenvalue weighted by Crippen LogP contribution is -2.43. The number of nitrogens with one attached hydrogen (secondary N) is 1. The van der Waals surface area contributed by atoms with E-state index in [2.05, 4.69) is 5.32 Å². The summed E-state index contributed by atoms with van der Waals surface area (Å²) >= 11 is 1.30. The summed E-state index contributed by atoms with van der Waals surface area (Å²) in [6.07, 6.45) is 0. The molecule has 1 heterocycles. The average molecular weight is 304 g/mol. The molecule has 1 rings (SSSR count). The van der Waals surface area contributed by atoms with E-state index in [4.69, 9.17) is 9.84 Å². The van der Waals surface area contributed by atoms with Crippen LogP contribution in [0, 0.1) is 5.92 Å². The first kappa shape index (κ1) is 17.3. The molecule has 1 aliphatic heterocycles. The third-order valence-corrected chi connectivity index (χ3v) is 4.09. The van der Waals surface area contributed by atoms with Crippen LogP contribution in [-0.4, -0.2) is 72.3 Å². The van der Waals surface area contributed by atoms with Gasteiger partial charge in [-0.1, -0.05) is 13.8 Å². The highest BCUT2D eigenvalue weighted by molar-refractivity contribution is 8.00. The molecule has 2 N–H and O–H groups in total. The van der Waals surface area contributed by atoms with E-state index in [1.807, 2.05) is 13.8 Å². The van der Waals surface area contributed by atoms with E-state index in [0.717, 1.165) is 0 Å². The Morgan fingerprint density at radius 2 is 1.95 bits per heavy atom. The van der Waals surface area contributed by atoms with E-state index in [1.165, 1.54) is 11.8 Å². The summed E-state index contributed by atoms with van der Waals surface area (Å²) in [5, 5.41) is 11.9. The van der Waals surface area contributed by atoms with Crippen molar-refractivity contribution in [1.29, 1.82) is 0 Å². The van der Waals surface area contributed by atoms with E-state index >= 15 is 0 Å². The van der Waals surface area contributed by atoms with Crippen molar-refractivity contribution in [1.82, 2.24) is 10.2 Å². The molecule has 1 aliphatic rings. The Morgan fingerprint density at radius 1 is 1.30 bits per heavy atom. The zero-order valence-electron chi connectivity index (χ0n) is 12.1. The van der Waals surface area contributed by atoms with E-state index in [0.29, 0.717) is 32.1 Å². The van der Waals surface area contributed by atoms with Crippen molar-refractivity contribution < 1.29 is 19.4 Å². The van der Waals surface area contributed by atoms with Crippen molar-refractivity contribution in [3.8, 4) is 0 Å². The Morgan fingerprint density at radius 3 is 2.50 bits per heavy atom. The minimum absolute atomic E-state index is 0.0497. The van der Waals surface area contributed by atoms with Gasteiger partial charge in [-0.25, -0.2) is 0 Å². The summed E-state index contributed by atoms with van der Waals surface area (Å²) in [5.74, 6) is 0.633. The van der Waals surface area contributed by atoms with Gasteiger partial charge in [-0.3, -0.25) is 9.59 Å². The zero-order chi connectivity index (χ0) is 15.0. The maximum absolute atomic E-state index is 11.8. The second-order valence-corrected chi connectivity index (χ2v) is 6.07. The molecule has 20 heavy (non-hydrogen) atoms. The van der Waals surface area contributed by atoms with Crippen molar-refractivity contribution in [3.05, 3.63) is 0 Å². The van der Waals surface area contributed by atoms with Crippen molar-refractivity contribution in [3.63, 3.8) is 0 Å². The number of ether oxygens (including phenoxy) is 1. The van der Waals surface area contributed by atoms with Gasteiger partial charge in [-0.15, -0.1) is 11.8 Å². The number of aliphatic hydroxyl groups is 1. The van der Waals surface area contributed by atoms with E-state index in [-0.39, 0.29) is 36.1 Å². The lowest BCUT2D eigenvalue weighted by molar-refractivity contribution is -0.132. The van der Waals surface area contributed by atoms with Crippen LogP contribution in [0.15, 0.2) is 0 Å². The lowest BCUT2D eigenvalue weighted by atomic mass is 10.1. The van der Waals surface area contributed by atoms with E-state index in [1.54, 1.807) is 4.90 Å². The maximum Gasteiger partial charge on any atom is 0.232 e. The summed E-state index contributed by atoms with van der Waals surface area (Å²) in [7, 11) is 0. The Kier molecular flexibility index (Phi) is 7.94. The van der Waals surface area contributed by atoms with Gasteiger partial charge in [0.1, 0.15) is 0 Å². The largest absolute Gasteiger partial charge is 0.394 e. The predicted octanol–water partition coefficient (Wildman–Crippen LogP) is -0.288. The number of nitrogens with zero attached hydrogens (tertiary/aromatic N) is 1.